The van der Waals surface area contributed by atoms with Gasteiger partial charge in [-0.05, 0) is 37.4 Å². The van der Waals surface area contributed by atoms with E-state index in [2.05, 4.69) is 16.7 Å². The maximum Gasteiger partial charge on any atom is 0.247 e. The zero-order chi connectivity index (χ0) is 14.5. The molecule has 1 heterocycles. The highest BCUT2D eigenvalue weighted by Crippen LogP contribution is 2.22. The van der Waals surface area contributed by atoms with E-state index in [4.69, 9.17) is 5.26 Å². The van der Waals surface area contributed by atoms with Crippen LogP contribution in [0, 0.1) is 18.3 Å². The van der Waals surface area contributed by atoms with Crippen molar-refractivity contribution in [3.63, 3.8) is 0 Å². The van der Waals surface area contributed by atoms with Crippen LogP contribution in [0.1, 0.15) is 18.1 Å². The standard InChI is InChI=1S/C15H15N3OS/c1-10-3-5-13(6-4-10)17-11(2)14(19)18-15-12(9-16)7-8-20-15/h3-8,11,17H,1-2H3,(H,18,19). The Morgan fingerprint density at radius 3 is 2.65 bits per heavy atom. The smallest absolute Gasteiger partial charge is 0.247 e. The molecular weight excluding hydrogens is 270 g/mol. The molecule has 0 aliphatic carbocycles. The van der Waals surface area contributed by atoms with Crippen LogP contribution in [-0.4, -0.2) is 11.9 Å². The van der Waals surface area contributed by atoms with Gasteiger partial charge in [0, 0.05) is 5.69 Å². The van der Waals surface area contributed by atoms with Gasteiger partial charge in [0.2, 0.25) is 5.91 Å². The number of nitrogens with zero attached hydrogens (tertiary/aromatic N) is 1. The van der Waals surface area contributed by atoms with E-state index >= 15 is 0 Å². The van der Waals surface area contributed by atoms with Crippen LogP contribution in [0.3, 0.4) is 0 Å². The number of carbonyl (C=O) groups excluding carboxylic acids is 1. The zero-order valence-corrected chi connectivity index (χ0v) is 12.1. The first-order valence-electron chi connectivity index (χ1n) is 6.22. The normalized spacial score (nSPS) is 11.4. The van der Waals surface area contributed by atoms with Gasteiger partial charge in [-0.25, -0.2) is 0 Å². The summed E-state index contributed by atoms with van der Waals surface area (Å²) in [6, 6.07) is 11.2. The number of nitriles is 1. The van der Waals surface area contributed by atoms with E-state index in [1.807, 2.05) is 31.2 Å². The number of hydrogen-bond acceptors (Lipinski definition) is 4. The topological polar surface area (TPSA) is 64.9 Å². The second-order valence-electron chi connectivity index (χ2n) is 4.50. The maximum absolute atomic E-state index is 12.1. The van der Waals surface area contributed by atoms with Gasteiger partial charge in [-0.2, -0.15) is 5.26 Å². The molecule has 0 aliphatic heterocycles. The largest absolute Gasteiger partial charge is 0.374 e. The van der Waals surface area contributed by atoms with Crippen molar-refractivity contribution < 1.29 is 4.79 Å². The molecule has 5 heteroatoms. The van der Waals surface area contributed by atoms with Crippen LogP contribution < -0.4 is 10.6 Å². The molecule has 2 aromatic rings. The van der Waals surface area contributed by atoms with E-state index < -0.39 is 0 Å². The minimum absolute atomic E-state index is 0.162. The summed E-state index contributed by atoms with van der Waals surface area (Å²) < 4.78 is 0. The van der Waals surface area contributed by atoms with Crippen LogP contribution in [0.15, 0.2) is 35.7 Å². The Labute approximate surface area is 122 Å². The molecule has 2 N–H and O–H groups in total. The van der Waals surface area contributed by atoms with Crippen LogP contribution in [-0.2, 0) is 4.79 Å². The molecule has 1 aromatic heterocycles. The number of anilines is 2. The highest BCUT2D eigenvalue weighted by Gasteiger charge is 2.15. The summed E-state index contributed by atoms with van der Waals surface area (Å²) in [6.45, 7) is 3.80. The molecule has 102 valence electrons. The van der Waals surface area contributed by atoms with E-state index in [1.165, 1.54) is 16.9 Å². The molecule has 2 rings (SSSR count). The van der Waals surface area contributed by atoms with Crippen molar-refractivity contribution in [3.05, 3.63) is 46.8 Å². The molecule has 1 aromatic carbocycles. The number of amides is 1. The van der Waals surface area contributed by atoms with Gasteiger partial charge in [0.1, 0.15) is 17.1 Å². The number of carbonyl (C=O) groups is 1. The van der Waals surface area contributed by atoms with Crippen molar-refractivity contribution in [2.45, 2.75) is 19.9 Å². The van der Waals surface area contributed by atoms with Gasteiger partial charge in [0.05, 0.1) is 5.56 Å². The fourth-order valence-electron chi connectivity index (χ4n) is 1.68. The Hall–Kier alpha value is -2.32. The predicted octanol–water partition coefficient (Wildman–Crippen LogP) is 3.37. The molecule has 1 unspecified atom stereocenters. The summed E-state index contributed by atoms with van der Waals surface area (Å²) in [6.07, 6.45) is 0. The monoisotopic (exact) mass is 285 g/mol. The molecule has 0 saturated carbocycles. The van der Waals surface area contributed by atoms with E-state index in [0.29, 0.717) is 10.6 Å². The van der Waals surface area contributed by atoms with E-state index in [0.717, 1.165) is 5.69 Å². The Morgan fingerprint density at radius 1 is 1.30 bits per heavy atom. The number of rotatable bonds is 4. The summed E-state index contributed by atoms with van der Waals surface area (Å²) in [4.78, 5) is 12.1. The fourth-order valence-corrected chi connectivity index (χ4v) is 2.42. The molecule has 0 saturated heterocycles. The van der Waals surface area contributed by atoms with Gasteiger partial charge < -0.3 is 10.6 Å². The number of nitrogens with one attached hydrogen (secondary N) is 2. The van der Waals surface area contributed by atoms with Gasteiger partial charge in [-0.15, -0.1) is 11.3 Å². The molecule has 0 radical (unpaired) electrons. The molecule has 0 spiro atoms. The first-order chi connectivity index (χ1) is 9.60. The van der Waals surface area contributed by atoms with Crippen molar-refractivity contribution in [2.75, 3.05) is 10.6 Å². The van der Waals surface area contributed by atoms with Crippen LogP contribution in [0.5, 0.6) is 0 Å². The molecule has 0 bridgehead atoms. The Kier molecular flexibility index (Phi) is 4.38. The van der Waals surface area contributed by atoms with Crippen molar-refractivity contribution in [1.29, 1.82) is 5.26 Å². The molecule has 0 fully saturated rings. The van der Waals surface area contributed by atoms with Crippen LogP contribution >= 0.6 is 11.3 Å². The van der Waals surface area contributed by atoms with Gasteiger partial charge in [-0.1, -0.05) is 17.7 Å². The van der Waals surface area contributed by atoms with Crippen molar-refractivity contribution in [2.24, 2.45) is 0 Å². The first kappa shape index (κ1) is 14.1. The van der Waals surface area contributed by atoms with Gasteiger partial charge in [0.25, 0.3) is 0 Å². The van der Waals surface area contributed by atoms with Crippen LogP contribution in [0.25, 0.3) is 0 Å². The molecule has 1 amide bonds. The molecular formula is C15H15N3OS. The Balaban J connectivity index is 1.99. The minimum Gasteiger partial charge on any atom is -0.374 e. The lowest BCUT2D eigenvalue weighted by Gasteiger charge is -2.15. The number of hydrogen-bond donors (Lipinski definition) is 2. The third kappa shape index (κ3) is 3.37. The second-order valence-corrected chi connectivity index (χ2v) is 5.41. The number of thiophene rings is 1. The van der Waals surface area contributed by atoms with Crippen LogP contribution in [0.2, 0.25) is 0 Å². The molecule has 0 aliphatic rings. The quantitative estimate of drug-likeness (QED) is 0.905. The number of aryl methyl sites for hydroxylation is 1. The van der Waals surface area contributed by atoms with Gasteiger partial charge in [0.15, 0.2) is 0 Å². The summed E-state index contributed by atoms with van der Waals surface area (Å²) >= 11 is 1.35. The lowest BCUT2D eigenvalue weighted by atomic mass is 10.2. The van der Waals surface area contributed by atoms with Crippen molar-refractivity contribution >= 4 is 27.9 Å². The third-order valence-corrected chi connectivity index (χ3v) is 3.68. The predicted molar refractivity (Wildman–Crippen MR) is 81.9 cm³/mol. The van der Waals surface area contributed by atoms with Crippen molar-refractivity contribution in [1.82, 2.24) is 0 Å². The average Bonchev–Trinajstić information content (AvgIpc) is 2.88. The van der Waals surface area contributed by atoms with Crippen LogP contribution in [0.4, 0.5) is 10.7 Å². The molecule has 20 heavy (non-hydrogen) atoms. The second kappa shape index (κ2) is 6.22. The first-order valence-corrected chi connectivity index (χ1v) is 7.10. The summed E-state index contributed by atoms with van der Waals surface area (Å²) in [5.41, 5.74) is 2.56. The zero-order valence-electron chi connectivity index (χ0n) is 11.3. The summed E-state index contributed by atoms with van der Waals surface area (Å²) in [5.74, 6) is -0.162. The fraction of sp³-hybridized carbons (Fsp3) is 0.200. The van der Waals surface area contributed by atoms with Gasteiger partial charge in [-0.3, -0.25) is 4.79 Å². The summed E-state index contributed by atoms with van der Waals surface area (Å²) in [5, 5.41) is 17.2. The number of benzene rings is 1. The van der Waals surface area contributed by atoms with E-state index in [1.54, 1.807) is 18.4 Å². The average molecular weight is 285 g/mol. The highest BCUT2D eigenvalue weighted by molar-refractivity contribution is 7.14. The summed E-state index contributed by atoms with van der Waals surface area (Å²) in [7, 11) is 0. The minimum atomic E-state index is -0.383. The molecule has 4 nitrogen and oxygen atoms in total. The van der Waals surface area contributed by atoms with Gasteiger partial charge >= 0.3 is 0 Å². The third-order valence-electron chi connectivity index (χ3n) is 2.85. The SMILES string of the molecule is Cc1ccc(NC(C)C(=O)Nc2sccc2C#N)cc1. The maximum atomic E-state index is 12.1. The van der Waals surface area contributed by atoms with E-state index in [9.17, 15) is 4.79 Å². The molecule has 1 atom stereocenters. The lowest BCUT2D eigenvalue weighted by molar-refractivity contribution is -0.116. The Morgan fingerprint density at radius 2 is 2.00 bits per heavy atom. The Bertz CT molecular complexity index is 640. The highest BCUT2D eigenvalue weighted by atomic mass is 32.1. The lowest BCUT2D eigenvalue weighted by Crippen LogP contribution is -2.31. The van der Waals surface area contributed by atoms with E-state index in [-0.39, 0.29) is 11.9 Å². The van der Waals surface area contributed by atoms with Crippen molar-refractivity contribution in [3.8, 4) is 6.07 Å².